The largest absolute Gasteiger partial charge is 0.481 e. The van der Waals surface area contributed by atoms with Crippen LogP contribution in [-0.2, 0) is 4.79 Å². The Balaban J connectivity index is 2.16. The SMILES string of the molecule is CCC(c1ccc(C)cc1)N1CCCC1CC(=O)O. The lowest BCUT2D eigenvalue weighted by molar-refractivity contribution is -0.138. The van der Waals surface area contributed by atoms with Crippen molar-refractivity contribution < 1.29 is 9.90 Å². The van der Waals surface area contributed by atoms with Crippen molar-refractivity contribution in [2.75, 3.05) is 6.54 Å². The number of hydrogen-bond acceptors (Lipinski definition) is 2. The van der Waals surface area contributed by atoms with Crippen LogP contribution in [0, 0.1) is 6.92 Å². The van der Waals surface area contributed by atoms with E-state index in [2.05, 4.69) is 43.0 Å². The first-order chi connectivity index (χ1) is 9.11. The lowest BCUT2D eigenvalue weighted by Gasteiger charge is -2.32. The van der Waals surface area contributed by atoms with Crippen molar-refractivity contribution in [3.63, 3.8) is 0 Å². The monoisotopic (exact) mass is 261 g/mol. The molecular weight excluding hydrogens is 238 g/mol. The standard InChI is InChI=1S/C16H23NO2/c1-3-15(13-8-6-12(2)7-9-13)17-10-4-5-14(17)11-16(18)19/h6-9,14-15H,3-5,10-11H2,1-2H3,(H,18,19). The van der Waals surface area contributed by atoms with Gasteiger partial charge in [0.2, 0.25) is 0 Å². The highest BCUT2D eigenvalue weighted by atomic mass is 16.4. The van der Waals surface area contributed by atoms with Gasteiger partial charge in [0.25, 0.3) is 0 Å². The Labute approximate surface area is 115 Å². The smallest absolute Gasteiger partial charge is 0.304 e. The van der Waals surface area contributed by atoms with E-state index in [1.165, 1.54) is 11.1 Å². The molecule has 0 saturated carbocycles. The van der Waals surface area contributed by atoms with E-state index in [1.54, 1.807) is 0 Å². The van der Waals surface area contributed by atoms with E-state index >= 15 is 0 Å². The molecule has 2 rings (SSSR count). The molecule has 1 aliphatic rings. The average Bonchev–Trinajstić information content (AvgIpc) is 2.80. The molecule has 1 N–H and O–H groups in total. The number of carbonyl (C=O) groups is 1. The summed E-state index contributed by atoms with van der Waals surface area (Å²) in [5, 5.41) is 9.03. The predicted octanol–water partition coefficient (Wildman–Crippen LogP) is 3.39. The van der Waals surface area contributed by atoms with Gasteiger partial charge in [-0.05, 0) is 38.3 Å². The molecule has 0 bridgehead atoms. The van der Waals surface area contributed by atoms with Crippen LogP contribution in [0.15, 0.2) is 24.3 Å². The average molecular weight is 261 g/mol. The van der Waals surface area contributed by atoms with Crippen molar-refractivity contribution in [3.05, 3.63) is 35.4 Å². The number of carboxylic acids is 1. The van der Waals surface area contributed by atoms with Crippen molar-refractivity contribution >= 4 is 5.97 Å². The van der Waals surface area contributed by atoms with Crippen LogP contribution in [-0.4, -0.2) is 28.6 Å². The molecule has 0 aromatic heterocycles. The fraction of sp³-hybridized carbons (Fsp3) is 0.562. The fourth-order valence-corrected chi connectivity index (χ4v) is 3.14. The molecule has 0 amide bonds. The Morgan fingerprint density at radius 1 is 1.42 bits per heavy atom. The first kappa shape index (κ1) is 14.1. The number of aliphatic carboxylic acids is 1. The van der Waals surface area contributed by atoms with Crippen LogP contribution in [0.4, 0.5) is 0 Å². The van der Waals surface area contributed by atoms with Gasteiger partial charge in [-0.3, -0.25) is 9.69 Å². The molecule has 1 aromatic carbocycles. The Bertz CT molecular complexity index is 427. The highest BCUT2D eigenvalue weighted by Gasteiger charge is 2.31. The van der Waals surface area contributed by atoms with Crippen molar-refractivity contribution in [2.45, 2.75) is 51.6 Å². The van der Waals surface area contributed by atoms with E-state index in [4.69, 9.17) is 5.11 Å². The molecule has 1 saturated heterocycles. The number of nitrogens with zero attached hydrogens (tertiary/aromatic N) is 1. The van der Waals surface area contributed by atoms with Crippen LogP contribution in [0.2, 0.25) is 0 Å². The van der Waals surface area contributed by atoms with Crippen LogP contribution in [0.1, 0.15) is 49.8 Å². The number of carboxylic acid groups (broad SMARTS) is 1. The van der Waals surface area contributed by atoms with Crippen LogP contribution in [0.3, 0.4) is 0 Å². The number of rotatable bonds is 5. The summed E-state index contributed by atoms with van der Waals surface area (Å²) in [5.41, 5.74) is 2.58. The quantitative estimate of drug-likeness (QED) is 0.883. The van der Waals surface area contributed by atoms with Crippen LogP contribution < -0.4 is 0 Å². The zero-order chi connectivity index (χ0) is 13.8. The highest BCUT2D eigenvalue weighted by molar-refractivity contribution is 5.67. The van der Waals surface area contributed by atoms with E-state index in [9.17, 15) is 4.79 Å². The van der Waals surface area contributed by atoms with Crippen LogP contribution in [0.5, 0.6) is 0 Å². The van der Waals surface area contributed by atoms with Gasteiger partial charge in [-0.25, -0.2) is 0 Å². The Morgan fingerprint density at radius 3 is 2.68 bits per heavy atom. The lowest BCUT2D eigenvalue weighted by atomic mass is 10.00. The molecule has 1 aliphatic heterocycles. The van der Waals surface area contributed by atoms with Crippen molar-refractivity contribution in [1.82, 2.24) is 4.90 Å². The van der Waals surface area contributed by atoms with E-state index in [-0.39, 0.29) is 12.5 Å². The minimum absolute atomic E-state index is 0.198. The van der Waals surface area contributed by atoms with Gasteiger partial charge < -0.3 is 5.11 Å². The molecule has 1 aromatic rings. The summed E-state index contributed by atoms with van der Waals surface area (Å²) in [6.45, 7) is 5.29. The molecule has 1 fully saturated rings. The summed E-state index contributed by atoms with van der Waals surface area (Å²) in [7, 11) is 0. The number of hydrogen-bond donors (Lipinski definition) is 1. The maximum Gasteiger partial charge on any atom is 0.304 e. The maximum atomic E-state index is 11.0. The minimum atomic E-state index is -0.685. The molecular formula is C16H23NO2. The molecule has 3 nitrogen and oxygen atoms in total. The second-order valence-electron chi connectivity index (χ2n) is 5.47. The van der Waals surface area contributed by atoms with Crippen LogP contribution in [0.25, 0.3) is 0 Å². The summed E-state index contributed by atoms with van der Waals surface area (Å²) in [6, 6.07) is 9.19. The summed E-state index contributed by atoms with van der Waals surface area (Å²) in [4.78, 5) is 13.4. The number of benzene rings is 1. The first-order valence-electron chi connectivity index (χ1n) is 7.16. The highest BCUT2D eigenvalue weighted by Crippen LogP contribution is 2.33. The van der Waals surface area contributed by atoms with Gasteiger partial charge in [0.15, 0.2) is 0 Å². The maximum absolute atomic E-state index is 11.0. The van der Waals surface area contributed by atoms with Gasteiger partial charge in [0, 0.05) is 12.1 Å². The molecule has 104 valence electrons. The third kappa shape index (κ3) is 3.35. The summed E-state index contributed by atoms with van der Waals surface area (Å²) < 4.78 is 0. The Hall–Kier alpha value is -1.35. The number of aryl methyl sites for hydroxylation is 1. The molecule has 0 radical (unpaired) electrons. The first-order valence-corrected chi connectivity index (χ1v) is 7.16. The van der Waals surface area contributed by atoms with Gasteiger partial charge >= 0.3 is 5.97 Å². The van der Waals surface area contributed by atoms with Gasteiger partial charge in [0.05, 0.1) is 6.42 Å². The van der Waals surface area contributed by atoms with Crippen molar-refractivity contribution in [2.24, 2.45) is 0 Å². The summed E-state index contributed by atoms with van der Waals surface area (Å²) >= 11 is 0. The molecule has 19 heavy (non-hydrogen) atoms. The lowest BCUT2D eigenvalue weighted by Crippen LogP contribution is -2.34. The van der Waals surface area contributed by atoms with Gasteiger partial charge in [-0.1, -0.05) is 36.8 Å². The zero-order valence-electron chi connectivity index (χ0n) is 11.8. The Kier molecular flexibility index (Phi) is 4.59. The summed E-state index contributed by atoms with van der Waals surface area (Å²) in [6.07, 6.45) is 3.41. The molecule has 0 aliphatic carbocycles. The zero-order valence-corrected chi connectivity index (χ0v) is 11.8. The summed E-state index contributed by atoms with van der Waals surface area (Å²) in [5.74, 6) is -0.685. The van der Waals surface area contributed by atoms with Gasteiger partial charge in [-0.15, -0.1) is 0 Å². The fourth-order valence-electron chi connectivity index (χ4n) is 3.14. The third-order valence-corrected chi connectivity index (χ3v) is 4.08. The van der Waals surface area contributed by atoms with Gasteiger partial charge in [0.1, 0.15) is 0 Å². The Morgan fingerprint density at radius 2 is 2.11 bits per heavy atom. The van der Waals surface area contributed by atoms with E-state index < -0.39 is 5.97 Å². The molecule has 3 heteroatoms. The van der Waals surface area contributed by atoms with Gasteiger partial charge in [-0.2, -0.15) is 0 Å². The topological polar surface area (TPSA) is 40.5 Å². The molecule has 2 atom stereocenters. The third-order valence-electron chi connectivity index (χ3n) is 4.08. The van der Waals surface area contributed by atoms with E-state index in [0.717, 1.165) is 25.8 Å². The molecule has 2 unspecified atom stereocenters. The van der Waals surface area contributed by atoms with E-state index in [1.807, 2.05) is 0 Å². The predicted molar refractivity (Wildman–Crippen MR) is 76.2 cm³/mol. The second-order valence-corrected chi connectivity index (χ2v) is 5.47. The second kappa shape index (κ2) is 6.20. The van der Waals surface area contributed by atoms with Crippen LogP contribution >= 0.6 is 0 Å². The number of likely N-dealkylation sites (tertiary alicyclic amines) is 1. The van der Waals surface area contributed by atoms with Crippen molar-refractivity contribution in [3.8, 4) is 0 Å². The molecule has 1 heterocycles. The normalized spacial score (nSPS) is 21.5. The van der Waals surface area contributed by atoms with Crippen molar-refractivity contribution in [1.29, 1.82) is 0 Å². The minimum Gasteiger partial charge on any atom is -0.481 e. The van der Waals surface area contributed by atoms with E-state index in [0.29, 0.717) is 6.04 Å². The molecule has 0 spiro atoms.